The van der Waals surface area contributed by atoms with Crippen molar-refractivity contribution >= 4 is 41.8 Å². The number of fused-ring (bicyclic) bond motifs is 2. The van der Waals surface area contributed by atoms with Gasteiger partial charge >= 0.3 is 41.8 Å². The Kier molecular flexibility index (Phi) is 7.93. The molecule has 240 valence electrons. The number of hydrogen-bond donors (Lipinski definition) is 0. The number of carbonyl (C=O) groups is 7. The zero-order valence-electron chi connectivity index (χ0n) is 25.6. The molecule has 0 aliphatic carbocycles. The zero-order chi connectivity index (χ0) is 34.3. The smallest absolute Gasteiger partial charge is 0.346 e. The number of cyclic esters (lactones) is 4. The van der Waals surface area contributed by atoms with E-state index < -0.39 is 41.8 Å². The number of hydrogen-bond acceptors (Lipinski definition) is 12. The molecule has 0 atom stereocenters. The fraction of sp³-hybridized carbons (Fsp3) is 0.139. The molecule has 0 aromatic heterocycles. The fourth-order valence-electron chi connectivity index (χ4n) is 4.90. The van der Waals surface area contributed by atoms with Gasteiger partial charge in [-0.25, -0.2) is 33.6 Å². The third-order valence-electron chi connectivity index (χ3n) is 7.54. The normalized spacial score (nSPS) is 13.3. The first-order valence-electron chi connectivity index (χ1n) is 14.4. The minimum atomic E-state index is -0.971. The van der Waals surface area contributed by atoms with Crippen molar-refractivity contribution in [2.75, 3.05) is 0 Å². The lowest BCUT2D eigenvalue weighted by Crippen LogP contribution is -2.15. The van der Waals surface area contributed by atoms with Crippen LogP contribution in [0.5, 0.6) is 11.5 Å². The summed E-state index contributed by atoms with van der Waals surface area (Å²) in [6, 6.07) is 18.4. The van der Waals surface area contributed by atoms with Crippen molar-refractivity contribution < 1.29 is 57.2 Å². The molecule has 2 aliphatic heterocycles. The molecule has 0 spiro atoms. The van der Waals surface area contributed by atoms with E-state index in [1.165, 1.54) is 36.4 Å². The number of carbonyl (C=O) groups excluding carboxylic acids is 7. The standard InChI is InChI=1S/C36H24O12/c1-36(2,3)21-8-4-18(5-9-21)17-44-31(39)27-16-22(45-29(37)19-6-11-23-25(14-19)34(42)47-32(23)40)10-13-28(27)46-30(38)20-7-12-24-26(15-20)35(43)48-33(24)41/h4-16H,17H2,1-3H3. The molecule has 2 heterocycles. The van der Waals surface area contributed by atoms with E-state index in [0.29, 0.717) is 5.56 Å². The van der Waals surface area contributed by atoms with Gasteiger partial charge in [0.05, 0.1) is 33.4 Å². The number of esters is 7. The first kappa shape index (κ1) is 31.5. The minimum absolute atomic E-state index is 0.00520. The van der Waals surface area contributed by atoms with Gasteiger partial charge in [-0.15, -0.1) is 0 Å². The van der Waals surface area contributed by atoms with Crippen LogP contribution in [0.2, 0.25) is 0 Å². The zero-order valence-corrected chi connectivity index (χ0v) is 25.6. The summed E-state index contributed by atoms with van der Waals surface area (Å²) in [6.07, 6.45) is 0. The van der Waals surface area contributed by atoms with Gasteiger partial charge in [0.2, 0.25) is 0 Å². The maximum Gasteiger partial charge on any atom is 0.346 e. The summed E-state index contributed by atoms with van der Waals surface area (Å²) in [5.41, 5.74) is 1.01. The van der Waals surface area contributed by atoms with E-state index in [1.807, 2.05) is 24.3 Å². The molecule has 0 bridgehead atoms. The van der Waals surface area contributed by atoms with Gasteiger partial charge in [-0.2, -0.15) is 0 Å². The van der Waals surface area contributed by atoms with Crippen molar-refractivity contribution in [3.05, 3.63) is 129 Å². The van der Waals surface area contributed by atoms with Crippen LogP contribution in [-0.4, -0.2) is 41.8 Å². The third-order valence-corrected chi connectivity index (χ3v) is 7.54. The van der Waals surface area contributed by atoms with Crippen molar-refractivity contribution in [3.8, 4) is 11.5 Å². The highest BCUT2D eigenvalue weighted by Crippen LogP contribution is 2.29. The average molecular weight is 649 g/mol. The largest absolute Gasteiger partial charge is 0.457 e. The van der Waals surface area contributed by atoms with Crippen molar-refractivity contribution in [2.24, 2.45) is 0 Å². The Morgan fingerprint density at radius 3 is 1.65 bits per heavy atom. The van der Waals surface area contributed by atoms with Gasteiger partial charge in [0.25, 0.3) is 0 Å². The van der Waals surface area contributed by atoms with Gasteiger partial charge in [0.1, 0.15) is 23.7 Å². The highest BCUT2D eigenvalue weighted by atomic mass is 16.6. The van der Waals surface area contributed by atoms with Crippen LogP contribution in [-0.2, 0) is 26.2 Å². The molecule has 12 nitrogen and oxygen atoms in total. The maximum atomic E-state index is 13.4. The van der Waals surface area contributed by atoms with Crippen molar-refractivity contribution in [1.82, 2.24) is 0 Å². The molecule has 0 saturated carbocycles. The van der Waals surface area contributed by atoms with Crippen LogP contribution in [0.4, 0.5) is 0 Å². The minimum Gasteiger partial charge on any atom is -0.457 e. The second-order valence-corrected chi connectivity index (χ2v) is 11.8. The van der Waals surface area contributed by atoms with E-state index in [4.69, 9.17) is 14.2 Å². The monoisotopic (exact) mass is 648 g/mol. The Balaban J connectivity index is 1.26. The molecule has 0 fully saturated rings. The second-order valence-electron chi connectivity index (χ2n) is 11.8. The lowest BCUT2D eigenvalue weighted by Gasteiger charge is -2.19. The highest BCUT2D eigenvalue weighted by Gasteiger charge is 2.32. The number of benzene rings is 4. The van der Waals surface area contributed by atoms with Crippen LogP contribution in [0.1, 0.15) is 104 Å². The molecule has 12 heteroatoms. The van der Waals surface area contributed by atoms with Gasteiger partial charge in [0, 0.05) is 0 Å². The first-order chi connectivity index (χ1) is 22.8. The molecule has 0 saturated heterocycles. The van der Waals surface area contributed by atoms with Gasteiger partial charge in [-0.3, -0.25) is 0 Å². The third kappa shape index (κ3) is 6.18. The van der Waals surface area contributed by atoms with Crippen LogP contribution in [0.25, 0.3) is 0 Å². The first-order valence-corrected chi connectivity index (χ1v) is 14.4. The predicted molar refractivity (Wildman–Crippen MR) is 163 cm³/mol. The van der Waals surface area contributed by atoms with Crippen molar-refractivity contribution in [1.29, 1.82) is 0 Å². The summed E-state index contributed by atoms with van der Waals surface area (Å²) >= 11 is 0. The van der Waals surface area contributed by atoms with E-state index in [1.54, 1.807) is 0 Å². The second kappa shape index (κ2) is 12.1. The molecule has 6 rings (SSSR count). The summed E-state index contributed by atoms with van der Waals surface area (Å²) in [7, 11) is 0. The van der Waals surface area contributed by atoms with Gasteiger partial charge < -0.3 is 23.7 Å². The molecule has 4 aromatic rings. The molecule has 0 unspecified atom stereocenters. The van der Waals surface area contributed by atoms with Gasteiger partial charge in [0.15, 0.2) is 0 Å². The Labute approximate surface area is 272 Å². The molecular formula is C36H24O12. The molecule has 4 aromatic carbocycles. The van der Waals surface area contributed by atoms with E-state index in [-0.39, 0.29) is 62.5 Å². The summed E-state index contributed by atoms with van der Waals surface area (Å²) in [6.45, 7) is 6.07. The molecule has 0 N–H and O–H groups in total. The average Bonchev–Trinajstić information content (AvgIpc) is 3.51. The molecule has 48 heavy (non-hydrogen) atoms. The fourth-order valence-corrected chi connectivity index (χ4v) is 4.90. The highest BCUT2D eigenvalue weighted by molar-refractivity contribution is 6.16. The summed E-state index contributed by atoms with van der Waals surface area (Å²) in [5, 5.41) is 0. The number of ether oxygens (including phenoxy) is 5. The molecule has 0 amide bonds. The Bertz CT molecular complexity index is 2080. The Hall–Kier alpha value is -6.43. The predicted octanol–water partition coefficient (Wildman–Crippen LogP) is 5.40. The van der Waals surface area contributed by atoms with E-state index in [9.17, 15) is 33.6 Å². The Morgan fingerprint density at radius 2 is 1.10 bits per heavy atom. The van der Waals surface area contributed by atoms with Crippen LogP contribution < -0.4 is 9.47 Å². The van der Waals surface area contributed by atoms with E-state index in [0.717, 1.165) is 23.8 Å². The van der Waals surface area contributed by atoms with Gasteiger partial charge in [-0.05, 0) is 71.1 Å². The topological polar surface area (TPSA) is 166 Å². The van der Waals surface area contributed by atoms with E-state index in [2.05, 4.69) is 30.2 Å². The number of rotatable bonds is 7. The van der Waals surface area contributed by atoms with Gasteiger partial charge in [-0.1, -0.05) is 45.0 Å². The lowest BCUT2D eigenvalue weighted by molar-refractivity contribution is 0.0425. The van der Waals surface area contributed by atoms with Crippen LogP contribution in [0.15, 0.2) is 78.9 Å². The van der Waals surface area contributed by atoms with Crippen LogP contribution >= 0.6 is 0 Å². The van der Waals surface area contributed by atoms with Crippen molar-refractivity contribution in [2.45, 2.75) is 32.8 Å². The quantitative estimate of drug-likeness (QED) is 0.109. The molecule has 0 radical (unpaired) electrons. The Morgan fingerprint density at radius 1 is 0.583 bits per heavy atom. The van der Waals surface area contributed by atoms with Crippen LogP contribution in [0, 0.1) is 0 Å². The van der Waals surface area contributed by atoms with Crippen LogP contribution in [0.3, 0.4) is 0 Å². The summed E-state index contributed by atoms with van der Waals surface area (Å²) in [4.78, 5) is 86.9. The molecule has 2 aliphatic rings. The van der Waals surface area contributed by atoms with E-state index >= 15 is 0 Å². The maximum absolute atomic E-state index is 13.4. The summed E-state index contributed by atoms with van der Waals surface area (Å²) in [5.74, 6) is -6.70. The SMILES string of the molecule is CC(C)(C)c1ccc(COC(=O)c2cc(OC(=O)c3ccc4c(c3)C(=O)OC4=O)ccc2OC(=O)c2ccc3c(c2)C(=O)OC3=O)cc1. The molecular weight excluding hydrogens is 624 g/mol. The lowest BCUT2D eigenvalue weighted by atomic mass is 9.87. The summed E-state index contributed by atoms with van der Waals surface area (Å²) < 4.78 is 25.6. The van der Waals surface area contributed by atoms with Crippen molar-refractivity contribution in [3.63, 3.8) is 0 Å².